The second kappa shape index (κ2) is 4.00. The summed E-state index contributed by atoms with van der Waals surface area (Å²) in [5, 5.41) is 0. The van der Waals surface area contributed by atoms with Crippen LogP contribution in [-0.2, 0) is 0 Å². The van der Waals surface area contributed by atoms with E-state index in [0.29, 0.717) is 11.0 Å². The first-order valence-corrected chi connectivity index (χ1v) is 5.26. The van der Waals surface area contributed by atoms with Gasteiger partial charge in [0.15, 0.2) is 0 Å². The maximum Gasteiger partial charge on any atom is 0.0122 e. The largest absolute Gasteiger partial charge is 0.301 e. The molecule has 0 N–H and O–H groups in total. The molecule has 0 saturated carbocycles. The van der Waals surface area contributed by atoms with E-state index in [1.54, 1.807) is 0 Å². The van der Waals surface area contributed by atoms with Crippen LogP contribution in [0.15, 0.2) is 0 Å². The van der Waals surface area contributed by atoms with Crippen LogP contribution in [0.2, 0.25) is 0 Å². The molecule has 0 amide bonds. The highest BCUT2D eigenvalue weighted by molar-refractivity contribution is 4.78. The quantitative estimate of drug-likeness (QED) is 0.637. The molecule has 0 spiro atoms. The molecule has 0 aromatic rings. The summed E-state index contributed by atoms with van der Waals surface area (Å²) in [6.45, 7) is 17.2. The number of rotatable bonds is 2. The van der Waals surface area contributed by atoms with Gasteiger partial charge >= 0.3 is 0 Å². The second-order valence-corrected chi connectivity index (χ2v) is 6.32. The van der Waals surface area contributed by atoms with Crippen LogP contribution in [0.5, 0.6) is 0 Å². The Morgan fingerprint density at radius 1 is 1.00 bits per heavy atom. The first-order chi connectivity index (χ1) is 5.55. The zero-order valence-corrected chi connectivity index (χ0v) is 10.7. The maximum absolute atomic E-state index is 2.43. The van der Waals surface area contributed by atoms with Gasteiger partial charge in [-0.05, 0) is 39.2 Å². The van der Waals surface area contributed by atoms with Crippen LogP contribution in [0.25, 0.3) is 0 Å². The third-order valence-corrected chi connectivity index (χ3v) is 3.17. The predicted molar refractivity (Wildman–Crippen MR) is 61.0 cm³/mol. The van der Waals surface area contributed by atoms with Crippen LogP contribution < -0.4 is 0 Å². The third-order valence-electron chi connectivity index (χ3n) is 3.17. The van der Waals surface area contributed by atoms with Crippen LogP contribution in [0.1, 0.15) is 48.5 Å². The van der Waals surface area contributed by atoms with E-state index in [4.69, 9.17) is 0 Å². The number of hydrogen-bond acceptors (Lipinski definition) is 1. The number of hydrogen-bond donors (Lipinski definition) is 0. The third kappa shape index (κ3) is 4.66. The lowest BCUT2D eigenvalue weighted by Crippen LogP contribution is -2.42. The summed E-state index contributed by atoms with van der Waals surface area (Å²) in [5.74, 6) is 0.733. The topological polar surface area (TPSA) is 3.24 Å². The lowest BCUT2D eigenvalue weighted by Gasteiger charge is -2.38. The van der Waals surface area contributed by atoms with Crippen molar-refractivity contribution in [3.05, 3.63) is 0 Å². The fraction of sp³-hybridized carbons (Fsp3) is 1.00. The molecule has 0 saturated heterocycles. The van der Waals surface area contributed by atoms with Gasteiger partial charge in [-0.25, -0.2) is 0 Å². The molecule has 13 heavy (non-hydrogen) atoms. The smallest absolute Gasteiger partial charge is 0.0122 e. The Labute approximate surface area is 84.5 Å². The van der Waals surface area contributed by atoms with Crippen molar-refractivity contribution in [1.29, 1.82) is 0 Å². The summed E-state index contributed by atoms with van der Waals surface area (Å²) in [6, 6.07) is 0. The van der Waals surface area contributed by atoms with Crippen molar-refractivity contribution >= 4 is 0 Å². The van der Waals surface area contributed by atoms with E-state index in [1.165, 1.54) is 6.54 Å². The molecule has 0 radical (unpaired) electrons. The Morgan fingerprint density at radius 2 is 1.38 bits per heavy atom. The fourth-order valence-corrected chi connectivity index (χ4v) is 0.959. The van der Waals surface area contributed by atoms with Crippen LogP contribution in [-0.4, -0.2) is 24.0 Å². The first-order valence-electron chi connectivity index (χ1n) is 5.26. The zero-order chi connectivity index (χ0) is 10.9. The Bertz CT molecular complexity index is 129. The maximum atomic E-state index is 2.43. The van der Waals surface area contributed by atoms with E-state index in [0.717, 1.165) is 5.92 Å². The minimum atomic E-state index is 0.291. The molecule has 0 aliphatic carbocycles. The molecule has 0 aromatic heterocycles. The van der Waals surface area contributed by atoms with Gasteiger partial charge in [0.2, 0.25) is 0 Å². The molecule has 1 heteroatoms. The van der Waals surface area contributed by atoms with Gasteiger partial charge in [-0.15, -0.1) is 0 Å². The highest BCUT2D eigenvalue weighted by atomic mass is 15.2. The van der Waals surface area contributed by atoms with Crippen molar-refractivity contribution in [3.63, 3.8) is 0 Å². The summed E-state index contributed by atoms with van der Waals surface area (Å²) in [6.07, 6.45) is 0. The molecule has 0 fully saturated rings. The fourth-order valence-electron chi connectivity index (χ4n) is 0.959. The highest BCUT2D eigenvalue weighted by Gasteiger charge is 2.25. The Morgan fingerprint density at radius 3 is 1.62 bits per heavy atom. The molecule has 1 unspecified atom stereocenters. The van der Waals surface area contributed by atoms with Crippen LogP contribution in [0.4, 0.5) is 0 Å². The van der Waals surface area contributed by atoms with Crippen molar-refractivity contribution in [1.82, 2.24) is 4.90 Å². The first kappa shape index (κ1) is 13.0. The normalized spacial score (nSPS) is 16.4. The van der Waals surface area contributed by atoms with Gasteiger partial charge in [-0.1, -0.05) is 27.7 Å². The Balaban J connectivity index is 4.15. The van der Waals surface area contributed by atoms with Crippen LogP contribution in [0, 0.1) is 11.3 Å². The SMILES string of the molecule is CC(CN(C)C(C)(C)C)C(C)(C)C. The Hall–Kier alpha value is -0.0400. The van der Waals surface area contributed by atoms with E-state index in [9.17, 15) is 0 Å². The molecule has 0 aliphatic rings. The van der Waals surface area contributed by atoms with Crippen LogP contribution in [0.3, 0.4) is 0 Å². The predicted octanol–water partition coefficient (Wildman–Crippen LogP) is 3.40. The van der Waals surface area contributed by atoms with Crippen molar-refractivity contribution in [2.45, 2.75) is 54.0 Å². The number of nitrogens with zero attached hydrogens (tertiary/aromatic N) is 1. The minimum Gasteiger partial charge on any atom is -0.301 e. The van der Waals surface area contributed by atoms with E-state index in [2.05, 4.69) is 60.4 Å². The summed E-state index contributed by atoms with van der Waals surface area (Å²) in [7, 11) is 2.21. The summed E-state index contributed by atoms with van der Waals surface area (Å²) < 4.78 is 0. The molecule has 0 rings (SSSR count). The van der Waals surface area contributed by atoms with Crippen molar-refractivity contribution in [2.75, 3.05) is 13.6 Å². The van der Waals surface area contributed by atoms with Gasteiger partial charge < -0.3 is 4.90 Å². The summed E-state index contributed by atoms with van der Waals surface area (Å²) in [4.78, 5) is 2.43. The van der Waals surface area contributed by atoms with E-state index >= 15 is 0 Å². The molecular formula is C12H27N. The highest BCUT2D eigenvalue weighted by Crippen LogP contribution is 2.27. The average molecular weight is 185 g/mol. The molecule has 80 valence electrons. The van der Waals surface area contributed by atoms with E-state index < -0.39 is 0 Å². The molecule has 0 bridgehead atoms. The van der Waals surface area contributed by atoms with Crippen LogP contribution >= 0.6 is 0 Å². The second-order valence-electron chi connectivity index (χ2n) is 6.32. The van der Waals surface area contributed by atoms with Crippen molar-refractivity contribution in [3.8, 4) is 0 Å². The molecule has 1 atom stereocenters. The Kier molecular flexibility index (Phi) is 3.98. The summed E-state index contributed by atoms with van der Waals surface area (Å²) in [5.41, 5.74) is 0.707. The monoisotopic (exact) mass is 185 g/mol. The lowest BCUT2D eigenvalue weighted by molar-refractivity contribution is 0.111. The van der Waals surface area contributed by atoms with Gasteiger partial charge in [0.1, 0.15) is 0 Å². The molecule has 0 heterocycles. The molecule has 1 nitrogen and oxygen atoms in total. The molecular weight excluding hydrogens is 158 g/mol. The van der Waals surface area contributed by atoms with Crippen molar-refractivity contribution in [2.24, 2.45) is 11.3 Å². The van der Waals surface area contributed by atoms with Gasteiger partial charge in [0, 0.05) is 12.1 Å². The van der Waals surface area contributed by atoms with E-state index in [-0.39, 0.29) is 0 Å². The molecule has 0 aliphatic heterocycles. The van der Waals surface area contributed by atoms with E-state index in [1.807, 2.05) is 0 Å². The van der Waals surface area contributed by atoms with Gasteiger partial charge in [-0.3, -0.25) is 0 Å². The lowest BCUT2D eigenvalue weighted by atomic mass is 9.81. The van der Waals surface area contributed by atoms with Crippen molar-refractivity contribution < 1.29 is 0 Å². The molecule has 0 aromatic carbocycles. The minimum absolute atomic E-state index is 0.291. The summed E-state index contributed by atoms with van der Waals surface area (Å²) >= 11 is 0. The van der Waals surface area contributed by atoms with Gasteiger partial charge in [0.25, 0.3) is 0 Å². The average Bonchev–Trinajstić information content (AvgIpc) is 1.82. The van der Waals surface area contributed by atoms with Gasteiger partial charge in [0.05, 0.1) is 0 Å². The van der Waals surface area contributed by atoms with Gasteiger partial charge in [-0.2, -0.15) is 0 Å². The zero-order valence-electron chi connectivity index (χ0n) is 10.7. The standard InChI is InChI=1S/C12H27N/c1-10(11(2,3)4)9-13(8)12(5,6)7/h10H,9H2,1-8H3.